The Kier molecular flexibility index (Phi) is 9.29. The van der Waals surface area contributed by atoms with Gasteiger partial charge in [0.1, 0.15) is 11.2 Å². The Bertz CT molecular complexity index is 2930. The minimum Gasteiger partial charge on any atom is -0.456 e. The van der Waals surface area contributed by atoms with Gasteiger partial charge in [0.2, 0.25) is 0 Å². The lowest BCUT2D eigenvalue weighted by molar-refractivity contribution is 0.669. The van der Waals surface area contributed by atoms with Crippen molar-refractivity contribution in [3.63, 3.8) is 0 Å². The molecule has 0 amide bonds. The molecule has 2 heteroatoms. The molecule has 0 aliphatic heterocycles. The first-order valence-corrected chi connectivity index (χ1v) is 18.9. The van der Waals surface area contributed by atoms with Crippen LogP contribution in [0.3, 0.4) is 0 Å². The molecule has 1 heterocycles. The zero-order valence-corrected chi connectivity index (χ0v) is 31.0. The Balaban J connectivity index is 1.16. The summed E-state index contributed by atoms with van der Waals surface area (Å²) in [5.74, 6) is 0. The van der Waals surface area contributed by atoms with E-state index in [1.54, 1.807) is 12.2 Å². The molecule has 0 fully saturated rings. The second-order valence-corrected chi connectivity index (χ2v) is 13.9. The second kappa shape index (κ2) is 15.1. The first-order chi connectivity index (χ1) is 27.7. The summed E-state index contributed by atoms with van der Waals surface area (Å²) in [6.45, 7) is 7.71. The predicted octanol–water partition coefficient (Wildman–Crippen LogP) is 15.6. The number of anilines is 3. The van der Waals surface area contributed by atoms with Crippen molar-refractivity contribution < 1.29 is 4.42 Å². The van der Waals surface area contributed by atoms with Gasteiger partial charge in [0.05, 0.1) is 5.69 Å². The summed E-state index contributed by atoms with van der Waals surface area (Å²) in [5, 5.41) is 4.60. The Morgan fingerprint density at radius 1 is 0.411 bits per heavy atom. The maximum absolute atomic E-state index is 6.39. The minimum absolute atomic E-state index is 0.883. The van der Waals surface area contributed by atoms with E-state index in [9.17, 15) is 0 Å². The van der Waals surface area contributed by atoms with Crippen LogP contribution in [-0.4, -0.2) is 0 Å². The van der Waals surface area contributed by atoms with E-state index in [2.05, 4.69) is 206 Å². The Morgan fingerprint density at radius 2 is 0.964 bits per heavy atom. The van der Waals surface area contributed by atoms with E-state index in [4.69, 9.17) is 4.42 Å². The van der Waals surface area contributed by atoms with Crippen molar-refractivity contribution in [2.75, 3.05) is 4.90 Å². The van der Waals surface area contributed by atoms with Gasteiger partial charge in [-0.2, -0.15) is 0 Å². The van der Waals surface area contributed by atoms with Crippen LogP contribution in [0.5, 0.6) is 0 Å². The number of para-hydroxylation sites is 1. The highest BCUT2D eigenvalue weighted by atomic mass is 16.3. The van der Waals surface area contributed by atoms with E-state index in [1.807, 2.05) is 12.2 Å². The maximum Gasteiger partial charge on any atom is 0.136 e. The van der Waals surface area contributed by atoms with Crippen LogP contribution in [0.25, 0.3) is 78.2 Å². The maximum atomic E-state index is 6.39. The molecular formula is C54H39NO. The number of nitrogens with zero attached hydrogens (tertiary/aromatic N) is 1. The van der Waals surface area contributed by atoms with Crippen LogP contribution in [0, 0.1) is 0 Å². The van der Waals surface area contributed by atoms with E-state index in [0.717, 1.165) is 72.4 Å². The lowest BCUT2D eigenvalue weighted by Gasteiger charge is -2.28. The first-order valence-electron chi connectivity index (χ1n) is 18.9. The first kappa shape index (κ1) is 34.4. The monoisotopic (exact) mass is 717 g/mol. The molecule has 0 atom stereocenters. The van der Waals surface area contributed by atoms with Gasteiger partial charge in [-0.25, -0.2) is 0 Å². The van der Waals surface area contributed by atoms with Gasteiger partial charge in [0.15, 0.2) is 0 Å². The molecule has 9 aromatic rings. The van der Waals surface area contributed by atoms with E-state index in [0.29, 0.717) is 0 Å². The van der Waals surface area contributed by atoms with Gasteiger partial charge in [-0.3, -0.25) is 0 Å². The molecule has 1 aromatic heterocycles. The molecular weight excluding hydrogens is 679 g/mol. The normalized spacial score (nSPS) is 11.6. The molecule has 0 saturated carbocycles. The second-order valence-electron chi connectivity index (χ2n) is 13.9. The zero-order chi connectivity index (χ0) is 37.8. The molecule has 0 saturated heterocycles. The molecule has 9 rings (SSSR count). The van der Waals surface area contributed by atoms with Crippen LogP contribution in [0.2, 0.25) is 0 Å². The number of furan rings is 1. The molecule has 56 heavy (non-hydrogen) atoms. The van der Waals surface area contributed by atoms with E-state index < -0.39 is 0 Å². The Morgan fingerprint density at radius 3 is 1.68 bits per heavy atom. The van der Waals surface area contributed by atoms with Gasteiger partial charge in [0, 0.05) is 27.7 Å². The van der Waals surface area contributed by atoms with Crippen molar-refractivity contribution in [1.29, 1.82) is 0 Å². The fourth-order valence-corrected chi connectivity index (χ4v) is 7.60. The van der Waals surface area contributed by atoms with Gasteiger partial charge in [-0.05, 0) is 110 Å². The highest BCUT2D eigenvalue weighted by molar-refractivity contribution is 6.11. The topological polar surface area (TPSA) is 16.4 Å². The quantitative estimate of drug-likeness (QED) is 0.131. The summed E-state index contributed by atoms with van der Waals surface area (Å²) in [4.78, 5) is 2.36. The van der Waals surface area contributed by atoms with Crippen LogP contribution >= 0.6 is 0 Å². The van der Waals surface area contributed by atoms with Crippen LogP contribution in [0.4, 0.5) is 17.1 Å². The van der Waals surface area contributed by atoms with Gasteiger partial charge in [0.25, 0.3) is 0 Å². The number of rotatable bonds is 10. The minimum atomic E-state index is 0.883. The smallest absolute Gasteiger partial charge is 0.136 e. The van der Waals surface area contributed by atoms with Crippen molar-refractivity contribution in [1.82, 2.24) is 0 Å². The summed E-state index contributed by atoms with van der Waals surface area (Å²) < 4.78 is 6.39. The molecule has 0 bridgehead atoms. The fraction of sp³-hybridized carbons (Fsp3) is 0. The Labute approximate surface area is 327 Å². The number of benzene rings is 8. The predicted molar refractivity (Wildman–Crippen MR) is 241 cm³/mol. The fourth-order valence-electron chi connectivity index (χ4n) is 7.60. The number of allylic oxidation sites excluding steroid dienone is 4. The van der Waals surface area contributed by atoms with Gasteiger partial charge >= 0.3 is 0 Å². The molecule has 0 spiro atoms. The summed E-state index contributed by atoms with van der Waals surface area (Å²) in [6, 6.07) is 62.9. The van der Waals surface area contributed by atoms with E-state index in [1.165, 1.54) is 21.9 Å². The van der Waals surface area contributed by atoms with Crippen molar-refractivity contribution >= 4 is 61.9 Å². The number of fused-ring (bicyclic) bond motifs is 4. The lowest BCUT2D eigenvalue weighted by Crippen LogP contribution is -2.11. The van der Waals surface area contributed by atoms with Crippen LogP contribution in [0.15, 0.2) is 218 Å². The summed E-state index contributed by atoms with van der Waals surface area (Å²) in [5.41, 5.74) is 14.1. The van der Waals surface area contributed by atoms with E-state index >= 15 is 0 Å². The van der Waals surface area contributed by atoms with Gasteiger partial charge in [-0.15, -0.1) is 0 Å². The van der Waals surface area contributed by atoms with Gasteiger partial charge < -0.3 is 9.32 Å². The standard InChI is InChI=1S/C54H39NO/c1-3-5-14-39-22-23-45(34-42(39)15-6-4-2)41-26-31-48(32-27-41)55(47-29-24-40(25-30-47)38-16-8-7-9-17-38)52-21-13-12-20-49(52)46-28-33-53-50(36-46)51-35-43-18-10-11-19-44(43)37-54(51)56-53/h3-37H,1-2H2/b14-5-,15-6-. The molecule has 8 aromatic carbocycles. The van der Waals surface area contributed by atoms with Crippen LogP contribution in [0.1, 0.15) is 11.1 Å². The highest BCUT2D eigenvalue weighted by Gasteiger charge is 2.19. The number of hydrogen-bond donors (Lipinski definition) is 0. The summed E-state index contributed by atoms with van der Waals surface area (Å²) in [7, 11) is 0. The van der Waals surface area contributed by atoms with Crippen molar-refractivity contribution in [3.8, 4) is 33.4 Å². The lowest BCUT2D eigenvalue weighted by atomic mass is 9.97. The molecule has 0 aliphatic rings. The molecule has 0 unspecified atom stereocenters. The molecule has 0 N–H and O–H groups in total. The average Bonchev–Trinajstić information content (AvgIpc) is 3.62. The van der Waals surface area contributed by atoms with Gasteiger partial charge in [-0.1, -0.05) is 165 Å². The average molecular weight is 718 g/mol. The molecule has 266 valence electrons. The largest absolute Gasteiger partial charge is 0.456 e. The summed E-state index contributed by atoms with van der Waals surface area (Å²) >= 11 is 0. The molecule has 2 nitrogen and oxygen atoms in total. The zero-order valence-electron chi connectivity index (χ0n) is 31.0. The molecule has 0 aliphatic carbocycles. The number of hydrogen-bond acceptors (Lipinski definition) is 2. The Hall–Kier alpha value is -7.42. The highest BCUT2D eigenvalue weighted by Crippen LogP contribution is 2.43. The van der Waals surface area contributed by atoms with Crippen LogP contribution < -0.4 is 4.90 Å². The molecule has 0 radical (unpaired) electrons. The van der Waals surface area contributed by atoms with Crippen molar-refractivity contribution in [3.05, 3.63) is 225 Å². The SMILES string of the molecule is C=C/C=C\c1ccc(-c2ccc(N(c3ccc(-c4ccccc4)cc3)c3ccccc3-c3ccc4oc5cc6ccccc6cc5c4c3)cc2)cc1/C=C\C=C. The summed E-state index contributed by atoms with van der Waals surface area (Å²) in [6.07, 6.45) is 11.7. The van der Waals surface area contributed by atoms with Crippen molar-refractivity contribution in [2.24, 2.45) is 0 Å². The third kappa shape index (κ3) is 6.66. The third-order valence-corrected chi connectivity index (χ3v) is 10.4. The van der Waals surface area contributed by atoms with E-state index in [-0.39, 0.29) is 0 Å². The van der Waals surface area contributed by atoms with Crippen molar-refractivity contribution in [2.45, 2.75) is 0 Å². The third-order valence-electron chi connectivity index (χ3n) is 10.4. The van der Waals surface area contributed by atoms with Crippen LogP contribution in [-0.2, 0) is 0 Å².